The first-order valence-electron chi connectivity index (χ1n) is 14.3. The van der Waals surface area contributed by atoms with Crippen molar-refractivity contribution in [3.05, 3.63) is 91.0 Å². The summed E-state index contributed by atoms with van der Waals surface area (Å²) < 4.78 is 11.8. The molecule has 2 nitrogen and oxygen atoms in total. The molecule has 0 radical (unpaired) electrons. The zero-order valence-corrected chi connectivity index (χ0v) is 24.5. The molecule has 0 aliphatic heterocycles. The fourth-order valence-corrected chi connectivity index (χ4v) is 11.4. The molecule has 3 rings (SSSR count). The standard InChI is InChI=1S/C33H46ClO2P/c1-3-27-35-33(36-28-4-2)26-18-7-5-6-8-19-29-37(34,30-20-12-9-13-21-30,31-22-14-10-15-23-31)32-24-16-11-17-25-32/h9-17,20-25,33H,3-8,18-19,26-29H2,1-2H3. The zero-order valence-electron chi connectivity index (χ0n) is 22.9. The number of hydrogen-bond acceptors (Lipinski definition) is 2. The van der Waals surface area contributed by atoms with Gasteiger partial charge in [0.05, 0.1) is 0 Å². The summed E-state index contributed by atoms with van der Waals surface area (Å²) in [6, 6.07) is 32.5. The molecule has 0 N–H and O–H groups in total. The van der Waals surface area contributed by atoms with Crippen LogP contribution >= 0.6 is 17.2 Å². The van der Waals surface area contributed by atoms with E-state index in [9.17, 15) is 0 Å². The van der Waals surface area contributed by atoms with E-state index in [0.29, 0.717) is 0 Å². The average Bonchev–Trinajstić information content (AvgIpc) is 2.96. The molecule has 0 spiro atoms. The second kappa shape index (κ2) is 15.6. The van der Waals surface area contributed by atoms with Crippen molar-refractivity contribution < 1.29 is 9.47 Å². The molecule has 0 amide bonds. The summed E-state index contributed by atoms with van der Waals surface area (Å²) in [6.07, 6.45) is 11.2. The minimum atomic E-state index is -3.12. The van der Waals surface area contributed by atoms with Gasteiger partial charge in [-0.3, -0.25) is 0 Å². The van der Waals surface area contributed by atoms with Gasteiger partial charge in [0.1, 0.15) is 0 Å². The summed E-state index contributed by atoms with van der Waals surface area (Å²) in [5.41, 5.74) is 0. The molecule has 0 aromatic heterocycles. The Morgan fingerprint density at radius 2 is 0.946 bits per heavy atom. The second-order valence-corrected chi connectivity index (χ2v) is 16.6. The van der Waals surface area contributed by atoms with Gasteiger partial charge in [-0.15, -0.1) is 0 Å². The van der Waals surface area contributed by atoms with Gasteiger partial charge in [-0.05, 0) is 0 Å². The molecule has 0 saturated heterocycles. The molecule has 202 valence electrons. The zero-order chi connectivity index (χ0) is 26.3. The van der Waals surface area contributed by atoms with E-state index < -0.39 is 5.96 Å². The summed E-state index contributed by atoms with van der Waals surface area (Å²) in [6.45, 7) is 5.85. The Bertz CT molecular complexity index is 889. The van der Waals surface area contributed by atoms with Gasteiger partial charge in [0, 0.05) is 0 Å². The van der Waals surface area contributed by atoms with Crippen molar-refractivity contribution >= 4 is 33.1 Å². The Labute approximate surface area is 230 Å². The van der Waals surface area contributed by atoms with Gasteiger partial charge in [0.2, 0.25) is 0 Å². The van der Waals surface area contributed by atoms with Crippen LogP contribution in [0.4, 0.5) is 0 Å². The Morgan fingerprint density at radius 3 is 1.35 bits per heavy atom. The smallest absolute Gasteiger partial charge is 0.0632 e. The first-order chi connectivity index (χ1) is 18.1. The third kappa shape index (κ3) is 7.90. The Balaban J connectivity index is 1.64. The normalized spacial score (nSPS) is 12.9. The minimum absolute atomic E-state index is 0.0371. The first-order valence-corrected chi connectivity index (χ1v) is 17.6. The van der Waals surface area contributed by atoms with E-state index in [4.69, 9.17) is 20.7 Å². The van der Waals surface area contributed by atoms with Gasteiger partial charge >= 0.3 is 217 Å². The molecule has 0 heterocycles. The summed E-state index contributed by atoms with van der Waals surface area (Å²) in [7, 11) is 0. The van der Waals surface area contributed by atoms with Crippen LogP contribution in [0.15, 0.2) is 91.0 Å². The van der Waals surface area contributed by atoms with Crippen LogP contribution in [0.1, 0.15) is 71.6 Å². The molecule has 37 heavy (non-hydrogen) atoms. The number of unbranched alkanes of at least 4 members (excludes halogenated alkanes) is 5. The van der Waals surface area contributed by atoms with Gasteiger partial charge in [-0.2, -0.15) is 0 Å². The third-order valence-electron chi connectivity index (χ3n) is 7.17. The molecule has 4 heteroatoms. The number of hydrogen-bond donors (Lipinski definition) is 0. The van der Waals surface area contributed by atoms with Crippen LogP contribution in [0, 0.1) is 0 Å². The van der Waals surface area contributed by atoms with Gasteiger partial charge in [-0.1, -0.05) is 13.8 Å². The van der Waals surface area contributed by atoms with E-state index >= 15 is 0 Å². The van der Waals surface area contributed by atoms with Crippen LogP contribution in [0.5, 0.6) is 0 Å². The Kier molecular flexibility index (Phi) is 12.6. The SMILES string of the molecule is CCCOC(CCCCCCCCP(Cl)(c1ccccc1)(c1ccccc1)c1ccccc1)OCCC. The van der Waals surface area contributed by atoms with Crippen molar-refractivity contribution in [1.29, 1.82) is 0 Å². The van der Waals surface area contributed by atoms with Gasteiger partial charge in [0.25, 0.3) is 0 Å². The van der Waals surface area contributed by atoms with Crippen LogP contribution in [0.2, 0.25) is 0 Å². The molecular weight excluding hydrogens is 495 g/mol. The fourth-order valence-electron chi connectivity index (χ4n) is 5.19. The summed E-state index contributed by atoms with van der Waals surface area (Å²) >= 11 is 8.16. The van der Waals surface area contributed by atoms with E-state index in [1.54, 1.807) is 0 Å². The molecule has 3 aromatic rings. The van der Waals surface area contributed by atoms with E-state index in [-0.39, 0.29) is 6.29 Å². The van der Waals surface area contributed by atoms with Crippen molar-refractivity contribution in [2.45, 2.75) is 77.9 Å². The van der Waals surface area contributed by atoms with Crippen molar-refractivity contribution in [1.82, 2.24) is 0 Å². The monoisotopic (exact) mass is 540 g/mol. The van der Waals surface area contributed by atoms with Crippen molar-refractivity contribution in [2.24, 2.45) is 0 Å². The summed E-state index contributed by atoms with van der Waals surface area (Å²) in [5, 5.41) is 3.79. The molecule has 0 unspecified atom stereocenters. The van der Waals surface area contributed by atoms with Crippen LogP contribution in [0.3, 0.4) is 0 Å². The van der Waals surface area contributed by atoms with E-state index in [1.807, 2.05) is 0 Å². The topological polar surface area (TPSA) is 18.5 Å². The first kappa shape index (κ1) is 29.9. The minimum Gasteiger partial charge on any atom is -0.0632 e. The maximum absolute atomic E-state index is 8.16. The van der Waals surface area contributed by atoms with E-state index in [2.05, 4.69) is 105 Å². The summed E-state index contributed by atoms with van der Waals surface area (Å²) in [5.74, 6) is -3.12. The molecule has 0 aliphatic carbocycles. The number of ether oxygens (including phenoxy) is 2. The predicted octanol–water partition coefficient (Wildman–Crippen LogP) is 8.58. The van der Waals surface area contributed by atoms with Crippen LogP contribution < -0.4 is 15.9 Å². The summed E-state index contributed by atoms with van der Waals surface area (Å²) in [4.78, 5) is 0. The van der Waals surface area contributed by atoms with Crippen molar-refractivity contribution in [3.63, 3.8) is 0 Å². The molecular formula is C33H46ClO2P. The number of benzene rings is 3. The molecule has 0 atom stereocenters. The Morgan fingerprint density at radius 1 is 0.568 bits per heavy atom. The Hall–Kier alpha value is -1.70. The number of halogens is 1. The molecule has 0 saturated carbocycles. The van der Waals surface area contributed by atoms with E-state index in [1.165, 1.54) is 41.6 Å². The van der Waals surface area contributed by atoms with Crippen molar-refractivity contribution in [2.75, 3.05) is 19.4 Å². The predicted molar refractivity (Wildman–Crippen MR) is 164 cm³/mol. The molecule has 0 bridgehead atoms. The average molecular weight is 541 g/mol. The fraction of sp³-hybridized carbons (Fsp3) is 0.455. The van der Waals surface area contributed by atoms with E-state index in [0.717, 1.165) is 51.5 Å². The maximum atomic E-state index is 8.16. The second-order valence-electron chi connectivity index (χ2n) is 9.99. The molecule has 3 aromatic carbocycles. The van der Waals surface area contributed by atoms with Gasteiger partial charge in [-0.25, -0.2) is 0 Å². The van der Waals surface area contributed by atoms with Crippen LogP contribution in [-0.2, 0) is 9.47 Å². The molecule has 0 aliphatic rings. The third-order valence-corrected chi connectivity index (χ3v) is 14.7. The van der Waals surface area contributed by atoms with Gasteiger partial charge < -0.3 is 0 Å². The van der Waals surface area contributed by atoms with Gasteiger partial charge in [0.15, 0.2) is 0 Å². The quantitative estimate of drug-likeness (QED) is 0.0913. The molecule has 0 fully saturated rings. The van der Waals surface area contributed by atoms with Crippen molar-refractivity contribution in [3.8, 4) is 0 Å². The van der Waals surface area contributed by atoms with Crippen LogP contribution in [-0.4, -0.2) is 25.7 Å². The van der Waals surface area contributed by atoms with Crippen LogP contribution in [0.25, 0.3) is 0 Å². The number of rotatable bonds is 18.